The number of allylic oxidation sites excluding steroid dienone is 1. The molecule has 1 aromatic carbocycles. The van der Waals surface area contributed by atoms with E-state index in [1.165, 1.54) is 0 Å². The van der Waals surface area contributed by atoms with E-state index in [9.17, 15) is 4.79 Å². The first kappa shape index (κ1) is 10.1. The largest absolute Gasteiger partial charge is 0.437 e. The Balaban J connectivity index is 1.97. The second kappa shape index (κ2) is 3.73. The zero-order chi connectivity index (χ0) is 11.8. The molecular weight excluding hydrogens is 216 g/mol. The van der Waals surface area contributed by atoms with Crippen LogP contribution < -0.4 is 4.90 Å². The van der Waals surface area contributed by atoms with E-state index in [4.69, 9.17) is 4.74 Å². The number of rotatable bonds is 1. The highest BCUT2D eigenvalue weighted by atomic mass is 16.6. The number of fused-ring (bicyclic) bond motifs is 1. The van der Waals surface area contributed by atoms with Crippen molar-refractivity contribution in [1.82, 2.24) is 0 Å². The van der Waals surface area contributed by atoms with E-state index in [1.54, 1.807) is 11.1 Å². The van der Waals surface area contributed by atoms with Crippen LogP contribution in [0.3, 0.4) is 0 Å². The highest BCUT2D eigenvalue weighted by molar-refractivity contribution is 5.92. The molecule has 1 amide bonds. The Morgan fingerprint density at radius 3 is 2.82 bits per heavy atom. The molecule has 0 aliphatic carbocycles. The predicted molar refractivity (Wildman–Crippen MR) is 65.2 cm³/mol. The first-order valence-corrected chi connectivity index (χ1v) is 5.52. The summed E-state index contributed by atoms with van der Waals surface area (Å²) in [6.07, 6.45) is 2.83. The first-order chi connectivity index (χ1) is 8.25. The van der Waals surface area contributed by atoms with E-state index >= 15 is 0 Å². The maximum Gasteiger partial charge on any atom is 0.416 e. The van der Waals surface area contributed by atoms with Gasteiger partial charge in [-0.05, 0) is 30.7 Å². The van der Waals surface area contributed by atoms with Crippen LogP contribution in [0.1, 0.15) is 6.92 Å². The van der Waals surface area contributed by atoms with Crippen molar-refractivity contribution in [3.8, 4) is 0 Å². The van der Waals surface area contributed by atoms with Crippen LogP contribution in [0.5, 0.6) is 0 Å². The molecule has 17 heavy (non-hydrogen) atoms. The lowest BCUT2D eigenvalue weighted by Crippen LogP contribution is -2.36. The summed E-state index contributed by atoms with van der Waals surface area (Å²) < 4.78 is 5.30. The van der Waals surface area contributed by atoms with Crippen molar-refractivity contribution in [2.75, 3.05) is 4.90 Å². The highest BCUT2D eigenvalue weighted by Crippen LogP contribution is 2.30. The van der Waals surface area contributed by atoms with Crippen molar-refractivity contribution < 1.29 is 9.53 Å². The molecule has 0 spiro atoms. The van der Waals surface area contributed by atoms with Crippen LogP contribution in [0.25, 0.3) is 0 Å². The number of hydrogen-bond donors (Lipinski definition) is 0. The molecular formula is C13H12N2O2. The van der Waals surface area contributed by atoms with Gasteiger partial charge in [-0.1, -0.05) is 18.2 Å². The van der Waals surface area contributed by atoms with Gasteiger partial charge in [0, 0.05) is 11.9 Å². The number of dihydropyridines is 1. The Morgan fingerprint density at radius 1 is 1.29 bits per heavy atom. The summed E-state index contributed by atoms with van der Waals surface area (Å²) in [6, 6.07) is 9.46. The number of ether oxygens (including phenoxy) is 1. The fourth-order valence-electron chi connectivity index (χ4n) is 2.10. The maximum atomic E-state index is 11.8. The minimum Gasteiger partial charge on any atom is -0.437 e. The van der Waals surface area contributed by atoms with Crippen molar-refractivity contribution >= 4 is 18.0 Å². The zero-order valence-electron chi connectivity index (χ0n) is 9.41. The molecule has 1 saturated heterocycles. The van der Waals surface area contributed by atoms with Crippen LogP contribution in [0, 0.1) is 0 Å². The number of aliphatic imine (C=N–C) groups is 1. The van der Waals surface area contributed by atoms with E-state index < -0.39 is 0 Å². The van der Waals surface area contributed by atoms with E-state index in [0.717, 1.165) is 11.3 Å². The fraction of sp³-hybridized carbons (Fsp3) is 0.231. The predicted octanol–water partition coefficient (Wildman–Crippen LogP) is 2.37. The lowest BCUT2D eigenvalue weighted by atomic mass is 10.1. The van der Waals surface area contributed by atoms with Crippen LogP contribution in [0.15, 0.2) is 47.0 Å². The molecule has 4 heteroatoms. The van der Waals surface area contributed by atoms with Gasteiger partial charge < -0.3 is 4.74 Å². The number of para-hydroxylation sites is 1. The Bertz CT molecular complexity index is 507. The Labute approximate surface area is 99.2 Å². The number of benzene rings is 1. The van der Waals surface area contributed by atoms with Crippen molar-refractivity contribution in [1.29, 1.82) is 0 Å². The molecule has 0 aromatic heterocycles. The monoisotopic (exact) mass is 228 g/mol. The number of hydrogen-bond acceptors (Lipinski definition) is 3. The molecule has 0 saturated carbocycles. The lowest BCUT2D eigenvalue weighted by molar-refractivity contribution is 0.154. The van der Waals surface area contributed by atoms with Crippen LogP contribution >= 0.6 is 0 Å². The second-order valence-corrected chi connectivity index (χ2v) is 4.16. The topological polar surface area (TPSA) is 41.9 Å². The van der Waals surface area contributed by atoms with Crippen molar-refractivity contribution in [3.63, 3.8) is 0 Å². The smallest absolute Gasteiger partial charge is 0.416 e. The third kappa shape index (κ3) is 1.62. The van der Waals surface area contributed by atoms with Gasteiger partial charge in [0.25, 0.3) is 0 Å². The molecule has 86 valence electrons. The number of carbonyl (C=O) groups excluding carboxylic acids is 1. The SMILES string of the molecule is CC1=CC2OC(=O)N(c3ccccc3)C2N=C1. The normalized spacial score (nSPS) is 26.5. The number of nitrogens with zero attached hydrogens (tertiary/aromatic N) is 2. The van der Waals surface area contributed by atoms with Crippen molar-refractivity contribution in [3.05, 3.63) is 42.0 Å². The third-order valence-electron chi connectivity index (χ3n) is 2.88. The van der Waals surface area contributed by atoms with Crippen molar-refractivity contribution in [2.45, 2.75) is 19.2 Å². The van der Waals surface area contributed by atoms with Crippen LogP contribution in [0.2, 0.25) is 0 Å². The molecule has 2 atom stereocenters. The standard InChI is InChI=1S/C13H12N2O2/c1-9-7-11-12(14-8-9)15(13(16)17-11)10-5-3-2-4-6-10/h2-8,11-12H,1H3. The highest BCUT2D eigenvalue weighted by Gasteiger charge is 2.42. The summed E-state index contributed by atoms with van der Waals surface area (Å²) in [4.78, 5) is 17.8. The van der Waals surface area contributed by atoms with Gasteiger partial charge in [0.2, 0.25) is 0 Å². The lowest BCUT2D eigenvalue weighted by Gasteiger charge is -2.21. The first-order valence-electron chi connectivity index (χ1n) is 5.52. The second-order valence-electron chi connectivity index (χ2n) is 4.16. The molecule has 2 aliphatic rings. The Kier molecular flexibility index (Phi) is 2.21. The molecule has 0 bridgehead atoms. The van der Waals surface area contributed by atoms with Gasteiger partial charge in [0.15, 0.2) is 12.3 Å². The molecule has 0 radical (unpaired) electrons. The Hall–Kier alpha value is -2.10. The zero-order valence-corrected chi connectivity index (χ0v) is 9.41. The van der Waals surface area contributed by atoms with Gasteiger partial charge >= 0.3 is 6.09 Å². The molecule has 3 rings (SSSR count). The minimum absolute atomic E-state index is 0.270. The van der Waals surface area contributed by atoms with Gasteiger partial charge in [-0.25, -0.2) is 4.79 Å². The molecule has 4 nitrogen and oxygen atoms in total. The molecule has 2 heterocycles. The molecule has 1 fully saturated rings. The average Bonchev–Trinajstić information content (AvgIpc) is 2.65. The summed E-state index contributed by atoms with van der Waals surface area (Å²) in [5.74, 6) is 0. The minimum atomic E-state index is -0.339. The number of amides is 1. The van der Waals surface area contributed by atoms with Gasteiger partial charge in [0.1, 0.15) is 0 Å². The summed E-state index contributed by atoms with van der Waals surface area (Å²) in [5, 5.41) is 0. The number of anilines is 1. The summed E-state index contributed by atoms with van der Waals surface area (Å²) in [6.45, 7) is 1.94. The molecule has 2 unspecified atom stereocenters. The molecule has 0 N–H and O–H groups in total. The summed E-state index contributed by atoms with van der Waals surface area (Å²) >= 11 is 0. The summed E-state index contributed by atoms with van der Waals surface area (Å²) in [7, 11) is 0. The Morgan fingerprint density at radius 2 is 2.06 bits per heavy atom. The third-order valence-corrected chi connectivity index (χ3v) is 2.88. The van der Waals surface area contributed by atoms with E-state index in [-0.39, 0.29) is 18.4 Å². The molecule has 2 aliphatic heterocycles. The van der Waals surface area contributed by atoms with Crippen LogP contribution in [0.4, 0.5) is 10.5 Å². The van der Waals surface area contributed by atoms with Crippen LogP contribution in [-0.2, 0) is 4.74 Å². The molecule has 1 aromatic rings. The fourth-order valence-corrected chi connectivity index (χ4v) is 2.10. The van der Waals surface area contributed by atoms with E-state index in [0.29, 0.717) is 0 Å². The van der Waals surface area contributed by atoms with Gasteiger partial charge in [-0.15, -0.1) is 0 Å². The van der Waals surface area contributed by atoms with Gasteiger partial charge in [-0.2, -0.15) is 0 Å². The van der Waals surface area contributed by atoms with Crippen LogP contribution in [-0.4, -0.2) is 24.6 Å². The van der Waals surface area contributed by atoms with Gasteiger partial charge in [-0.3, -0.25) is 9.89 Å². The average molecular weight is 228 g/mol. The summed E-state index contributed by atoms with van der Waals surface area (Å²) in [5.41, 5.74) is 1.84. The number of carbonyl (C=O) groups is 1. The van der Waals surface area contributed by atoms with Crippen molar-refractivity contribution in [2.24, 2.45) is 4.99 Å². The van der Waals surface area contributed by atoms with E-state index in [2.05, 4.69) is 4.99 Å². The van der Waals surface area contributed by atoms with E-state index in [1.807, 2.05) is 43.3 Å². The maximum absolute atomic E-state index is 11.8. The van der Waals surface area contributed by atoms with Gasteiger partial charge in [0.05, 0.1) is 0 Å². The quantitative estimate of drug-likeness (QED) is 0.740.